The Bertz CT molecular complexity index is 465. The molecule has 0 spiro atoms. The van der Waals surface area contributed by atoms with Crippen molar-refractivity contribution in [2.45, 2.75) is 19.9 Å². The van der Waals surface area contributed by atoms with Crippen molar-refractivity contribution in [2.24, 2.45) is 0 Å². The van der Waals surface area contributed by atoms with Crippen LogP contribution in [-0.2, 0) is 17.7 Å². The predicted molar refractivity (Wildman–Crippen MR) is 74.8 cm³/mol. The number of nitrogens with zero attached hydrogens (tertiary/aromatic N) is 2. The Labute approximate surface area is 119 Å². The lowest BCUT2D eigenvalue weighted by Crippen LogP contribution is -2.43. The molecule has 0 saturated heterocycles. The zero-order valence-corrected chi connectivity index (χ0v) is 12.0. The number of urea groups is 1. The molecule has 2 amide bonds. The van der Waals surface area contributed by atoms with E-state index in [0.29, 0.717) is 38.7 Å². The molecule has 1 N–H and O–H groups in total. The maximum absolute atomic E-state index is 12.0. The smallest absolute Gasteiger partial charge is 0.317 e. The largest absolute Gasteiger partial charge is 0.478 e. The van der Waals surface area contributed by atoms with Gasteiger partial charge in [0.25, 0.3) is 0 Å². The van der Waals surface area contributed by atoms with Crippen LogP contribution in [0.4, 0.5) is 4.79 Å². The van der Waals surface area contributed by atoms with E-state index in [2.05, 4.69) is 10.3 Å². The Morgan fingerprint density at radius 3 is 3.10 bits per heavy atom. The first kappa shape index (κ1) is 14.6. The van der Waals surface area contributed by atoms with Gasteiger partial charge in [-0.15, -0.1) is 0 Å². The lowest BCUT2D eigenvalue weighted by atomic mass is 10.1. The summed E-state index contributed by atoms with van der Waals surface area (Å²) >= 11 is 0. The highest BCUT2D eigenvalue weighted by Gasteiger charge is 2.21. The van der Waals surface area contributed by atoms with Crippen molar-refractivity contribution in [2.75, 3.05) is 33.4 Å². The Hall–Kier alpha value is -1.82. The van der Waals surface area contributed by atoms with Gasteiger partial charge in [0.15, 0.2) is 0 Å². The van der Waals surface area contributed by atoms with Crippen LogP contribution in [0.3, 0.4) is 0 Å². The molecular formula is C14H21N3O3. The van der Waals surface area contributed by atoms with Gasteiger partial charge in [-0.25, -0.2) is 9.78 Å². The summed E-state index contributed by atoms with van der Waals surface area (Å²) in [5.41, 5.74) is 2.11. The second-order valence-corrected chi connectivity index (χ2v) is 4.58. The van der Waals surface area contributed by atoms with Crippen LogP contribution in [0.1, 0.15) is 18.2 Å². The lowest BCUT2D eigenvalue weighted by molar-refractivity contribution is 0.176. The first-order valence-electron chi connectivity index (χ1n) is 6.88. The van der Waals surface area contributed by atoms with E-state index < -0.39 is 0 Å². The summed E-state index contributed by atoms with van der Waals surface area (Å²) in [6, 6.07) is 3.79. The predicted octanol–water partition coefficient (Wildman–Crippen LogP) is 1.19. The van der Waals surface area contributed by atoms with Gasteiger partial charge >= 0.3 is 6.03 Å². The fraction of sp³-hybridized carbons (Fsp3) is 0.571. The zero-order valence-electron chi connectivity index (χ0n) is 12.0. The van der Waals surface area contributed by atoms with E-state index in [0.717, 1.165) is 17.7 Å². The van der Waals surface area contributed by atoms with Gasteiger partial charge in [-0.1, -0.05) is 6.07 Å². The summed E-state index contributed by atoms with van der Waals surface area (Å²) in [4.78, 5) is 18.2. The van der Waals surface area contributed by atoms with E-state index in [1.54, 1.807) is 12.0 Å². The highest BCUT2D eigenvalue weighted by Crippen LogP contribution is 2.20. The van der Waals surface area contributed by atoms with E-state index in [1.807, 2.05) is 19.1 Å². The molecule has 6 nitrogen and oxygen atoms in total. The van der Waals surface area contributed by atoms with Gasteiger partial charge in [0.05, 0.1) is 18.9 Å². The number of hydrogen-bond donors (Lipinski definition) is 1. The summed E-state index contributed by atoms with van der Waals surface area (Å²) in [6.45, 7) is 4.87. The van der Waals surface area contributed by atoms with Crippen molar-refractivity contribution in [3.63, 3.8) is 0 Å². The van der Waals surface area contributed by atoms with Crippen LogP contribution in [0, 0.1) is 0 Å². The minimum Gasteiger partial charge on any atom is -0.478 e. The van der Waals surface area contributed by atoms with E-state index in [-0.39, 0.29) is 6.03 Å². The number of rotatable bonds is 5. The van der Waals surface area contributed by atoms with E-state index in [1.165, 1.54) is 0 Å². The highest BCUT2D eigenvalue weighted by molar-refractivity contribution is 5.74. The minimum absolute atomic E-state index is 0.0541. The van der Waals surface area contributed by atoms with Crippen LogP contribution >= 0.6 is 0 Å². The first-order valence-corrected chi connectivity index (χ1v) is 6.88. The van der Waals surface area contributed by atoms with Gasteiger partial charge in [-0.2, -0.15) is 0 Å². The Morgan fingerprint density at radius 1 is 1.50 bits per heavy atom. The Kier molecular flexibility index (Phi) is 5.17. The number of hydrogen-bond acceptors (Lipinski definition) is 4. The summed E-state index contributed by atoms with van der Waals surface area (Å²) < 4.78 is 10.3. The molecule has 1 aliphatic heterocycles. The molecule has 6 heteroatoms. The number of fused-ring (bicyclic) bond motifs is 1. The third kappa shape index (κ3) is 3.60. The fourth-order valence-electron chi connectivity index (χ4n) is 2.17. The molecule has 110 valence electrons. The number of ether oxygens (including phenoxy) is 2. The monoisotopic (exact) mass is 279 g/mol. The van der Waals surface area contributed by atoms with Gasteiger partial charge < -0.3 is 19.7 Å². The number of nitrogens with one attached hydrogen (secondary N) is 1. The molecule has 0 radical (unpaired) electrons. The topological polar surface area (TPSA) is 63.7 Å². The fourth-order valence-corrected chi connectivity index (χ4v) is 2.17. The minimum atomic E-state index is -0.0541. The second kappa shape index (κ2) is 7.09. The first-order chi connectivity index (χ1) is 9.74. The number of aromatic nitrogens is 1. The lowest BCUT2D eigenvalue weighted by Gasteiger charge is -2.28. The molecule has 0 atom stereocenters. The molecule has 0 aliphatic carbocycles. The maximum atomic E-state index is 12.0. The Morgan fingerprint density at radius 2 is 2.35 bits per heavy atom. The van der Waals surface area contributed by atoms with Gasteiger partial charge in [0.1, 0.15) is 0 Å². The highest BCUT2D eigenvalue weighted by atomic mass is 16.5. The molecule has 1 aliphatic rings. The number of pyridine rings is 1. The number of carbonyl (C=O) groups excluding carboxylic acids is 1. The molecule has 0 saturated carbocycles. The molecule has 0 aromatic carbocycles. The quantitative estimate of drug-likeness (QED) is 0.822. The van der Waals surface area contributed by atoms with E-state index in [9.17, 15) is 4.79 Å². The number of carbonyl (C=O) groups is 1. The van der Waals surface area contributed by atoms with E-state index in [4.69, 9.17) is 9.47 Å². The van der Waals surface area contributed by atoms with Crippen molar-refractivity contribution in [3.05, 3.63) is 23.4 Å². The average Bonchev–Trinajstić information content (AvgIpc) is 2.47. The summed E-state index contributed by atoms with van der Waals surface area (Å²) in [5, 5.41) is 2.83. The van der Waals surface area contributed by atoms with Crippen LogP contribution in [0.5, 0.6) is 5.88 Å². The molecule has 20 heavy (non-hydrogen) atoms. The third-order valence-corrected chi connectivity index (χ3v) is 3.18. The standard InChI is InChI=1S/C14H21N3O3/c1-3-20-13-5-4-11-10-17(8-6-12(11)16-13)14(18)15-7-9-19-2/h4-5H,3,6-10H2,1-2H3,(H,15,18). The molecular weight excluding hydrogens is 258 g/mol. The normalized spacial score (nSPS) is 13.8. The maximum Gasteiger partial charge on any atom is 0.317 e. The SMILES string of the molecule is CCOc1ccc2c(n1)CCN(C(=O)NCCOC)C2. The van der Waals surface area contributed by atoms with Crippen LogP contribution in [0.25, 0.3) is 0 Å². The van der Waals surface area contributed by atoms with Crippen LogP contribution in [0.2, 0.25) is 0 Å². The Balaban J connectivity index is 1.95. The van der Waals surface area contributed by atoms with Crippen molar-refractivity contribution < 1.29 is 14.3 Å². The van der Waals surface area contributed by atoms with Gasteiger partial charge in [-0.3, -0.25) is 0 Å². The molecule has 1 aromatic rings. The van der Waals surface area contributed by atoms with Crippen molar-refractivity contribution in [1.82, 2.24) is 15.2 Å². The second-order valence-electron chi connectivity index (χ2n) is 4.58. The molecule has 1 aromatic heterocycles. The van der Waals surface area contributed by atoms with Crippen LogP contribution < -0.4 is 10.1 Å². The summed E-state index contributed by atoms with van der Waals surface area (Å²) in [7, 11) is 1.62. The molecule has 0 bridgehead atoms. The third-order valence-electron chi connectivity index (χ3n) is 3.18. The van der Waals surface area contributed by atoms with Crippen LogP contribution in [-0.4, -0.2) is 49.3 Å². The average molecular weight is 279 g/mol. The van der Waals surface area contributed by atoms with Crippen LogP contribution in [0.15, 0.2) is 12.1 Å². The number of amides is 2. The molecule has 2 heterocycles. The zero-order chi connectivity index (χ0) is 14.4. The van der Waals surface area contributed by atoms with Crippen molar-refractivity contribution in [1.29, 1.82) is 0 Å². The van der Waals surface area contributed by atoms with Crippen molar-refractivity contribution >= 4 is 6.03 Å². The molecule has 2 rings (SSSR count). The van der Waals surface area contributed by atoms with Gasteiger partial charge in [0, 0.05) is 39.2 Å². The van der Waals surface area contributed by atoms with Crippen molar-refractivity contribution in [3.8, 4) is 5.88 Å². The van der Waals surface area contributed by atoms with Gasteiger partial charge in [0.2, 0.25) is 5.88 Å². The van der Waals surface area contributed by atoms with E-state index >= 15 is 0 Å². The molecule has 0 unspecified atom stereocenters. The van der Waals surface area contributed by atoms with Gasteiger partial charge in [-0.05, 0) is 12.5 Å². The summed E-state index contributed by atoms with van der Waals surface area (Å²) in [6.07, 6.45) is 0.758. The summed E-state index contributed by atoms with van der Waals surface area (Å²) in [5.74, 6) is 0.657. The molecule has 0 fully saturated rings. The number of methoxy groups -OCH3 is 1.